The lowest BCUT2D eigenvalue weighted by molar-refractivity contribution is -0.144. The lowest BCUT2D eigenvalue weighted by Gasteiger charge is -2.20. The zero-order valence-electron chi connectivity index (χ0n) is 21.1. The number of unbranched alkanes of at least 4 members (excludes halogenated alkanes) is 1. The van der Waals surface area contributed by atoms with E-state index in [1.54, 1.807) is 30.3 Å². The Labute approximate surface area is 204 Å². The lowest BCUT2D eigenvalue weighted by atomic mass is 9.91. The molecule has 5 nitrogen and oxygen atoms in total. The van der Waals surface area contributed by atoms with Gasteiger partial charge in [-0.15, -0.1) is 0 Å². The molecule has 0 saturated heterocycles. The second kappa shape index (κ2) is 13.6. The SMILES string of the molecule is CCCCC(CC)COc1ccc(/C=C/C(=O)Oc2ccc(OC(=O)C(C)(C)CC)cc2)cc1. The lowest BCUT2D eigenvalue weighted by Crippen LogP contribution is -2.28. The van der Waals surface area contributed by atoms with Crippen LogP contribution in [0.5, 0.6) is 17.2 Å². The Bertz CT molecular complexity index is 926. The molecule has 2 aromatic carbocycles. The number of carbonyl (C=O) groups is 2. The van der Waals surface area contributed by atoms with E-state index < -0.39 is 11.4 Å². The fraction of sp³-hybridized carbons (Fsp3) is 0.448. The van der Waals surface area contributed by atoms with Gasteiger partial charge in [0.15, 0.2) is 0 Å². The van der Waals surface area contributed by atoms with Gasteiger partial charge in [0.25, 0.3) is 0 Å². The average Bonchev–Trinajstić information content (AvgIpc) is 2.84. The molecule has 0 saturated carbocycles. The molecule has 0 amide bonds. The van der Waals surface area contributed by atoms with Crippen LogP contribution in [0, 0.1) is 11.3 Å². The standard InChI is InChI=1S/C29H38O5/c1-6-9-10-22(7-2)21-32-24-14-11-23(12-15-24)13-20-27(30)33-25-16-18-26(19-17-25)34-28(31)29(4,5)8-3/h11-20,22H,6-10,21H2,1-5H3/b20-13+. The fourth-order valence-electron chi connectivity index (χ4n) is 3.07. The van der Waals surface area contributed by atoms with Crippen LogP contribution in [-0.4, -0.2) is 18.5 Å². The van der Waals surface area contributed by atoms with Crippen LogP contribution < -0.4 is 14.2 Å². The summed E-state index contributed by atoms with van der Waals surface area (Å²) in [4.78, 5) is 24.3. The van der Waals surface area contributed by atoms with Crippen molar-refractivity contribution in [2.45, 2.75) is 66.7 Å². The highest BCUT2D eigenvalue weighted by Gasteiger charge is 2.27. The van der Waals surface area contributed by atoms with Crippen LogP contribution in [0.3, 0.4) is 0 Å². The Morgan fingerprint density at radius 2 is 1.47 bits per heavy atom. The van der Waals surface area contributed by atoms with Crippen molar-refractivity contribution < 1.29 is 23.8 Å². The monoisotopic (exact) mass is 466 g/mol. The second-order valence-electron chi connectivity index (χ2n) is 9.15. The summed E-state index contributed by atoms with van der Waals surface area (Å²) in [5.41, 5.74) is 0.329. The van der Waals surface area contributed by atoms with E-state index in [-0.39, 0.29) is 5.97 Å². The number of carbonyl (C=O) groups excluding carboxylic acids is 2. The molecule has 0 bridgehead atoms. The summed E-state index contributed by atoms with van der Waals surface area (Å²) < 4.78 is 16.6. The smallest absolute Gasteiger partial charge is 0.336 e. The molecule has 0 spiro atoms. The first kappa shape index (κ1) is 27.2. The molecule has 1 atom stereocenters. The Morgan fingerprint density at radius 3 is 2.03 bits per heavy atom. The van der Waals surface area contributed by atoms with Gasteiger partial charge in [0.2, 0.25) is 0 Å². The first-order valence-electron chi connectivity index (χ1n) is 12.2. The van der Waals surface area contributed by atoms with Gasteiger partial charge in [-0.1, -0.05) is 52.2 Å². The van der Waals surface area contributed by atoms with E-state index in [0.29, 0.717) is 23.8 Å². The fourth-order valence-corrected chi connectivity index (χ4v) is 3.07. The van der Waals surface area contributed by atoms with Gasteiger partial charge in [-0.05, 0) is 80.6 Å². The zero-order chi connectivity index (χ0) is 25.0. The predicted octanol–water partition coefficient (Wildman–Crippen LogP) is 7.24. The number of hydrogen-bond donors (Lipinski definition) is 0. The molecule has 5 heteroatoms. The summed E-state index contributed by atoms with van der Waals surface area (Å²) in [5, 5.41) is 0. The van der Waals surface area contributed by atoms with E-state index in [4.69, 9.17) is 14.2 Å². The van der Waals surface area contributed by atoms with Gasteiger partial charge >= 0.3 is 11.9 Å². The van der Waals surface area contributed by atoms with Crippen molar-refractivity contribution in [1.82, 2.24) is 0 Å². The average molecular weight is 467 g/mol. The van der Waals surface area contributed by atoms with E-state index in [1.807, 2.05) is 45.0 Å². The molecule has 34 heavy (non-hydrogen) atoms. The number of hydrogen-bond acceptors (Lipinski definition) is 5. The van der Waals surface area contributed by atoms with Gasteiger partial charge < -0.3 is 14.2 Å². The summed E-state index contributed by atoms with van der Waals surface area (Å²) in [6.45, 7) is 10.8. The minimum Gasteiger partial charge on any atom is -0.493 e. The van der Waals surface area contributed by atoms with Crippen LogP contribution in [0.15, 0.2) is 54.6 Å². The first-order chi connectivity index (χ1) is 16.3. The molecular weight excluding hydrogens is 428 g/mol. The first-order valence-corrected chi connectivity index (χ1v) is 12.2. The third kappa shape index (κ3) is 9.05. The minimum atomic E-state index is -0.549. The van der Waals surface area contributed by atoms with Crippen molar-refractivity contribution >= 4 is 18.0 Å². The maximum Gasteiger partial charge on any atom is 0.336 e. The van der Waals surface area contributed by atoms with Crippen LogP contribution in [0.2, 0.25) is 0 Å². The molecule has 0 N–H and O–H groups in total. The number of ether oxygens (including phenoxy) is 3. The predicted molar refractivity (Wildman–Crippen MR) is 136 cm³/mol. The third-order valence-electron chi connectivity index (χ3n) is 6.01. The maximum atomic E-state index is 12.2. The Morgan fingerprint density at radius 1 is 0.882 bits per heavy atom. The van der Waals surface area contributed by atoms with Gasteiger partial charge in [-0.2, -0.15) is 0 Å². The summed E-state index contributed by atoms with van der Waals surface area (Å²) in [6, 6.07) is 14.1. The largest absolute Gasteiger partial charge is 0.493 e. The van der Waals surface area contributed by atoms with Crippen molar-refractivity contribution in [3.8, 4) is 17.2 Å². The number of benzene rings is 2. The normalized spacial score (nSPS) is 12.4. The molecule has 184 valence electrons. The topological polar surface area (TPSA) is 61.8 Å². The molecule has 0 aliphatic carbocycles. The van der Waals surface area contributed by atoms with Crippen molar-refractivity contribution in [2.24, 2.45) is 11.3 Å². The summed E-state index contributed by atoms with van der Waals surface area (Å²) in [6.07, 6.45) is 8.52. The quantitative estimate of drug-likeness (QED) is 0.177. The minimum absolute atomic E-state index is 0.291. The molecular formula is C29H38O5. The molecule has 0 aromatic heterocycles. The Balaban J connectivity index is 1.83. The molecule has 1 unspecified atom stereocenters. The third-order valence-corrected chi connectivity index (χ3v) is 6.01. The van der Waals surface area contributed by atoms with E-state index in [9.17, 15) is 9.59 Å². The van der Waals surface area contributed by atoms with Crippen molar-refractivity contribution in [3.05, 3.63) is 60.2 Å². The molecule has 2 rings (SSSR count). The van der Waals surface area contributed by atoms with Gasteiger partial charge in [0.1, 0.15) is 17.2 Å². The Hall–Kier alpha value is -3.08. The highest BCUT2D eigenvalue weighted by molar-refractivity contribution is 5.88. The summed E-state index contributed by atoms with van der Waals surface area (Å²) in [5.74, 6) is 1.43. The van der Waals surface area contributed by atoms with Gasteiger partial charge in [0.05, 0.1) is 12.0 Å². The maximum absolute atomic E-state index is 12.2. The van der Waals surface area contributed by atoms with Crippen LogP contribution in [0.1, 0.15) is 72.3 Å². The molecule has 0 heterocycles. The second-order valence-corrected chi connectivity index (χ2v) is 9.15. The van der Waals surface area contributed by atoms with E-state index in [2.05, 4.69) is 13.8 Å². The number of rotatable bonds is 13. The van der Waals surface area contributed by atoms with Crippen LogP contribution >= 0.6 is 0 Å². The molecule has 0 fully saturated rings. The summed E-state index contributed by atoms with van der Waals surface area (Å²) >= 11 is 0. The van der Waals surface area contributed by atoms with Gasteiger partial charge in [-0.3, -0.25) is 4.79 Å². The van der Waals surface area contributed by atoms with Crippen LogP contribution in [0.4, 0.5) is 0 Å². The highest BCUT2D eigenvalue weighted by Crippen LogP contribution is 2.25. The molecule has 2 aromatic rings. The molecule has 0 aliphatic heterocycles. The van der Waals surface area contributed by atoms with Crippen LogP contribution in [0.25, 0.3) is 6.08 Å². The van der Waals surface area contributed by atoms with Crippen molar-refractivity contribution in [1.29, 1.82) is 0 Å². The van der Waals surface area contributed by atoms with E-state index in [1.165, 1.54) is 25.3 Å². The van der Waals surface area contributed by atoms with Gasteiger partial charge in [0, 0.05) is 6.08 Å². The van der Waals surface area contributed by atoms with Gasteiger partial charge in [-0.25, -0.2) is 4.79 Å². The van der Waals surface area contributed by atoms with Crippen molar-refractivity contribution in [3.63, 3.8) is 0 Å². The Kier molecular flexibility index (Phi) is 10.9. The highest BCUT2D eigenvalue weighted by atomic mass is 16.5. The number of esters is 2. The van der Waals surface area contributed by atoms with E-state index >= 15 is 0 Å². The van der Waals surface area contributed by atoms with Crippen molar-refractivity contribution in [2.75, 3.05) is 6.61 Å². The van der Waals surface area contributed by atoms with Crippen LogP contribution in [-0.2, 0) is 9.59 Å². The zero-order valence-corrected chi connectivity index (χ0v) is 21.1. The molecule has 0 radical (unpaired) electrons. The van der Waals surface area contributed by atoms with E-state index in [0.717, 1.165) is 24.3 Å². The summed E-state index contributed by atoms with van der Waals surface area (Å²) in [7, 11) is 0. The molecule has 0 aliphatic rings.